The van der Waals surface area contributed by atoms with Gasteiger partial charge in [-0.3, -0.25) is 4.99 Å². The first-order valence-electron chi connectivity index (χ1n) is 6.86. The third-order valence-electron chi connectivity index (χ3n) is 3.18. The Hall–Kier alpha value is -3.12. The van der Waals surface area contributed by atoms with E-state index >= 15 is 0 Å². The number of carboxylic acid groups (broad SMARTS) is 1. The molecule has 0 aliphatic heterocycles. The number of benzene rings is 2. The van der Waals surface area contributed by atoms with E-state index in [0.717, 1.165) is 0 Å². The molecule has 0 saturated carbocycles. The number of carbonyl (C=O) groups is 1. The van der Waals surface area contributed by atoms with Gasteiger partial charge in [-0.1, -0.05) is 11.6 Å². The molecule has 2 aromatic carbocycles. The van der Waals surface area contributed by atoms with Crippen LogP contribution < -0.4 is 0 Å². The summed E-state index contributed by atoms with van der Waals surface area (Å²) in [7, 11) is 0. The number of aromatic nitrogens is 1. The van der Waals surface area contributed by atoms with Gasteiger partial charge in [0.2, 0.25) is 5.89 Å². The van der Waals surface area contributed by atoms with Gasteiger partial charge >= 0.3 is 11.9 Å². The molecule has 0 saturated heterocycles. The van der Waals surface area contributed by atoms with E-state index in [-0.39, 0.29) is 23.1 Å². The molecule has 3 aromatic rings. The van der Waals surface area contributed by atoms with Crippen molar-refractivity contribution in [3.8, 4) is 17.4 Å². The Morgan fingerprint density at radius 3 is 2.42 bits per heavy atom. The minimum absolute atomic E-state index is 0.169. The van der Waals surface area contributed by atoms with E-state index in [2.05, 4.69) is 9.98 Å². The number of rotatable bonds is 4. The average molecular weight is 343 g/mol. The van der Waals surface area contributed by atoms with Crippen molar-refractivity contribution in [2.45, 2.75) is 0 Å². The van der Waals surface area contributed by atoms with Gasteiger partial charge in [0.25, 0.3) is 0 Å². The largest absolute Gasteiger partial charge is 0.479 e. The smallest absolute Gasteiger partial charge is 0.335 e. The van der Waals surface area contributed by atoms with E-state index in [1.54, 1.807) is 36.4 Å². The van der Waals surface area contributed by atoms with E-state index in [1.165, 1.54) is 18.3 Å². The predicted octanol–water partition coefficient (Wildman–Crippen LogP) is 4.15. The maximum absolute atomic E-state index is 10.8. The molecule has 24 heavy (non-hydrogen) atoms. The first kappa shape index (κ1) is 15.8. The molecule has 0 amide bonds. The van der Waals surface area contributed by atoms with Crippen molar-refractivity contribution in [2.24, 2.45) is 4.99 Å². The maximum Gasteiger partial charge on any atom is 0.335 e. The van der Waals surface area contributed by atoms with Crippen LogP contribution in [-0.2, 0) is 0 Å². The number of aliphatic imine (C=N–C) groups is 1. The first-order valence-corrected chi connectivity index (χ1v) is 7.24. The van der Waals surface area contributed by atoms with Gasteiger partial charge < -0.3 is 14.6 Å². The summed E-state index contributed by atoms with van der Waals surface area (Å²) in [6.45, 7) is 0. The van der Waals surface area contributed by atoms with Crippen LogP contribution in [-0.4, -0.2) is 27.4 Å². The van der Waals surface area contributed by atoms with Gasteiger partial charge in [-0.05, 0) is 48.5 Å². The molecule has 1 heterocycles. The monoisotopic (exact) mass is 342 g/mol. The van der Waals surface area contributed by atoms with Crippen LogP contribution in [0.25, 0.3) is 11.5 Å². The van der Waals surface area contributed by atoms with Gasteiger partial charge in [-0.15, -0.1) is 0 Å². The molecule has 0 aliphatic rings. The minimum Gasteiger partial charge on any atom is -0.479 e. The van der Waals surface area contributed by atoms with Crippen molar-refractivity contribution < 1.29 is 19.4 Å². The molecular formula is C17H11ClN2O4. The van der Waals surface area contributed by atoms with Crippen molar-refractivity contribution in [2.75, 3.05) is 0 Å². The second kappa shape index (κ2) is 6.55. The van der Waals surface area contributed by atoms with E-state index in [9.17, 15) is 9.90 Å². The second-order valence-corrected chi connectivity index (χ2v) is 5.26. The molecule has 120 valence electrons. The zero-order valence-electron chi connectivity index (χ0n) is 12.2. The lowest BCUT2D eigenvalue weighted by Crippen LogP contribution is -1.94. The highest BCUT2D eigenvalue weighted by Gasteiger charge is 2.12. The lowest BCUT2D eigenvalue weighted by atomic mass is 10.2. The summed E-state index contributed by atoms with van der Waals surface area (Å²) in [5, 5.41) is 19.2. The van der Waals surface area contributed by atoms with Crippen molar-refractivity contribution >= 4 is 29.5 Å². The summed E-state index contributed by atoms with van der Waals surface area (Å²) in [4.78, 5) is 19.1. The van der Waals surface area contributed by atoms with Crippen molar-refractivity contribution in [1.82, 2.24) is 4.98 Å². The Kier molecular flexibility index (Phi) is 4.31. The first-order chi connectivity index (χ1) is 11.5. The molecule has 7 heteroatoms. The van der Waals surface area contributed by atoms with E-state index in [1.807, 2.05) is 0 Å². The molecular weight excluding hydrogens is 332 g/mol. The van der Waals surface area contributed by atoms with Gasteiger partial charge in [-0.25, -0.2) is 9.78 Å². The Bertz CT molecular complexity index is 899. The highest BCUT2D eigenvalue weighted by Crippen LogP contribution is 2.26. The fraction of sp³-hybridized carbons (Fsp3) is 0. The van der Waals surface area contributed by atoms with Gasteiger partial charge in [0.15, 0.2) is 5.69 Å². The van der Waals surface area contributed by atoms with Crippen molar-refractivity contribution in [3.05, 3.63) is 64.8 Å². The SMILES string of the molecule is O=C(O)c1ccc(N=Cc2nc(-c3ccc(Cl)cc3)oc2O)cc1. The molecule has 0 radical (unpaired) electrons. The molecule has 1 aromatic heterocycles. The molecule has 6 nitrogen and oxygen atoms in total. The normalized spacial score (nSPS) is 11.0. The van der Waals surface area contributed by atoms with Crippen LogP contribution in [0.15, 0.2) is 57.9 Å². The van der Waals surface area contributed by atoms with Crippen molar-refractivity contribution in [1.29, 1.82) is 0 Å². The van der Waals surface area contributed by atoms with Crippen LogP contribution in [0.5, 0.6) is 5.95 Å². The summed E-state index contributed by atoms with van der Waals surface area (Å²) in [5.74, 6) is -1.12. The molecule has 2 N–H and O–H groups in total. The maximum atomic E-state index is 10.8. The number of aromatic hydroxyl groups is 1. The summed E-state index contributed by atoms with van der Waals surface area (Å²) >= 11 is 5.83. The molecule has 0 bridgehead atoms. The number of hydrogen-bond acceptors (Lipinski definition) is 5. The van der Waals surface area contributed by atoms with E-state index in [0.29, 0.717) is 16.3 Å². The van der Waals surface area contributed by atoms with Crippen LogP contribution in [0.1, 0.15) is 16.1 Å². The Balaban J connectivity index is 1.82. The number of aromatic carboxylic acids is 1. The fourth-order valence-corrected chi connectivity index (χ4v) is 2.08. The van der Waals surface area contributed by atoms with E-state index in [4.69, 9.17) is 21.1 Å². The summed E-state index contributed by atoms with van der Waals surface area (Å²) in [6, 6.07) is 12.8. The van der Waals surface area contributed by atoms with Gasteiger partial charge in [0.05, 0.1) is 17.5 Å². The Labute approximate surface area is 141 Å². The van der Waals surface area contributed by atoms with Crippen LogP contribution in [0.2, 0.25) is 5.02 Å². The standard InChI is InChI=1S/C17H11ClN2O4/c18-12-5-1-10(2-6-12)15-20-14(17(23)24-15)9-19-13-7-3-11(4-8-13)16(21)22/h1-9,23H,(H,21,22). The number of carboxylic acids is 1. The summed E-state index contributed by atoms with van der Waals surface area (Å²) < 4.78 is 5.21. The molecule has 0 unspecified atom stereocenters. The van der Waals surface area contributed by atoms with E-state index < -0.39 is 5.97 Å². The highest BCUT2D eigenvalue weighted by atomic mass is 35.5. The van der Waals surface area contributed by atoms with Crippen LogP contribution in [0, 0.1) is 0 Å². The second-order valence-electron chi connectivity index (χ2n) is 4.83. The lowest BCUT2D eigenvalue weighted by molar-refractivity contribution is 0.0697. The quantitative estimate of drug-likeness (QED) is 0.694. The van der Waals surface area contributed by atoms with Crippen molar-refractivity contribution in [3.63, 3.8) is 0 Å². The Morgan fingerprint density at radius 1 is 1.12 bits per heavy atom. The zero-order valence-corrected chi connectivity index (χ0v) is 12.9. The minimum atomic E-state index is -1.01. The number of hydrogen-bond donors (Lipinski definition) is 2. The lowest BCUT2D eigenvalue weighted by Gasteiger charge is -1.95. The molecule has 3 rings (SSSR count). The zero-order chi connectivity index (χ0) is 17.1. The van der Waals surface area contributed by atoms with Crippen LogP contribution >= 0.6 is 11.6 Å². The van der Waals surface area contributed by atoms with Gasteiger partial charge in [0, 0.05) is 10.6 Å². The number of nitrogens with zero attached hydrogens (tertiary/aromatic N) is 2. The summed E-state index contributed by atoms with van der Waals surface area (Å²) in [5.41, 5.74) is 1.53. The number of oxazole rings is 1. The van der Waals surface area contributed by atoms with Gasteiger partial charge in [-0.2, -0.15) is 0 Å². The topological polar surface area (TPSA) is 95.9 Å². The average Bonchev–Trinajstić information content (AvgIpc) is 2.95. The third-order valence-corrected chi connectivity index (χ3v) is 3.43. The van der Waals surface area contributed by atoms with Crippen LogP contribution in [0.4, 0.5) is 5.69 Å². The molecule has 0 aliphatic carbocycles. The summed E-state index contributed by atoms with van der Waals surface area (Å²) in [6.07, 6.45) is 1.34. The number of halogens is 1. The highest BCUT2D eigenvalue weighted by molar-refractivity contribution is 6.30. The Morgan fingerprint density at radius 2 is 1.79 bits per heavy atom. The molecule has 0 spiro atoms. The van der Waals surface area contributed by atoms with Gasteiger partial charge in [0.1, 0.15) is 0 Å². The fourth-order valence-electron chi connectivity index (χ4n) is 1.95. The molecule has 0 fully saturated rings. The predicted molar refractivity (Wildman–Crippen MR) is 89.3 cm³/mol. The van der Waals surface area contributed by atoms with Crippen LogP contribution in [0.3, 0.4) is 0 Å². The third kappa shape index (κ3) is 3.44. The molecule has 0 atom stereocenters.